The second-order valence-electron chi connectivity index (χ2n) is 3.85. The van der Waals surface area contributed by atoms with Gasteiger partial charge in [-0.15, -0.1) is 13.2 Å². The lowest BCUT2D eigenvalue weighted by Gasteiger charge is -2.20. The van der Waals surface area contributed by atoms with Crippen molar-refractivity contribution in [3.63, 3.8) is 0 Å². The number of rotatable bonds is 7. The highest BCUT2D eigenvalue weighted by Crippen LogP contribution is 2.25. The molecule has 0 heterocycles. The molecule has 0 fully saturated rings. The van der Waals surface area contributed by atoms with E-state index >= 15 is 0 Å². The summed E-state index contributed by atoms with van der Waals surface area (Å²) in [5.74, 6) is -0.0594. The van der Waals surface area contributed by atoms with Gasteiger partial charge in [-0.05, 0) is 18.2 Å². The van der Waals surface area contributed by atoms with E-state index in [-0.39, 0.29) is 12.5 Å². The zero-order chi connectivity index (χ0) is 14.3. The molecule has 0 saturated heterocycles. The molecule has 0 aromatic heterocycles. The van der Waals surface area contributed by atoms with Crippen molar-refractivity contribution < 1.29 is 4.79 Å². The Balaban J connectivity index is 2.63. The molecule has 102 valence electrons. The van der Waals surface area contributed by atoms with Crippen LogP contribution in [0.4, 0.5) is 5.69 Å². The Hall–Kier alpha value is -1.45. The molecular weight excluding hydrogens is 283 g/mol. The first-order chi connectivity index (χ1) is 9.08. The molecule has 1 rings (SSSR count). The van der Waals surface area contributed by atoms with Crippen molar-refractivity contribution >= 4 is 34.8 Å². The molecule has 0 aliphatic carbocycles. The Kier molecular flexibility index (Phi) is 6.46. The number of anilines is 1. The molecule has 0 saturated carbocycles. The number of benzene rings is 1. The Morgan fingerprint density at radius 1 is 1.26 bits per heavy atom. The minimum atomic E-state index is -0.0594. The first-order valence-corrected chi connectivity index (χ1v) is 6.52. The molecule has 5 heteroatoms. The fraction of sp³-hybridized carbons (Fsp3) is 0.214. The highest BCUT2D eigenvalue weighted by molar-refractivity contribution is 6.35. The molecule has 1 aromatic rings. The molecule has 0 radical (unpaired) electrons. The summed E-state index contributed by atoms with van der Waals surface area (Å²) >= 11 is 11.9. The number of nitrogens with zero attached hydrogens (tertiary/aromatic N) is 1. The molecule has 0 spiro atoms. The van der Waals surface area contributed by atoms with Crippen molar-refractivity contribution in [2.45, 2.75) is 0 Å². The van der Waals surface area contributed by atoms with Gasteiger partial charge in [0.25, 0.3) is 0 Å². The topological polar surface area (TPSA) is 32.3 Å². The molecule has 1 aromatic carbocycles. The summed E-state index contributed by atoms with van der Waals surface area (Å²) in [6.45, 7) is 8.35. The first-order valence-electron chi connectivity index (χ1n) is 5.77. The van der Waals surface area contributed by atoms with Crippen LogP contribution in [-0.4, -0.2) is 30.4 Å². The monoisotopic (exact) mass is 298 g/mol. The van der Waals surface area contributed by atoms with Crippen LogP contribution in [0.2, 0.25) is 10.0 Å². The quantitative estimate of drug-likeness (QED) is 0.780. The van der Waals surface area contributed by atoms with E-state index in [0.29, 0.717) is 28.8 Å². The summed E-state index contributed by atoms with van der Waals surface area (Å²) in [6.07, 6.45) is 3.35. The van der Waals surface area contributed by atoms with E-state index in [2.05, 4.69) is 18.5 Å². The number of carbonyl (C=O) groups is 1. The van der Waals surface area contributed by atoms with Crippen LogP contribution in [0.1, 0.15) is 0 Å². The van der Waals surface area contributed by atoms with E-state index in [4.69, 9.17) is 23.2 Å². The largest absolute Gasteiger partial charge is 0.375 e. The third-order valence-electron chi connectivity index (χ3n) is 2.41. The van der Waals surface area contributed by atoms with Crippen molar-refractivity contribution in [3.05, 3.63) is 53.6 Å². The summed E-state index contributed by atoms with van der Waals surface area (Å²) in [7, 11) is 0. The lowest BCUT2D eigenvalue weighted by molar-refractivity contribution is -0.128. The van der Waals surface area contributed by atoms with Gasteiger partial charge < -0.3 is 10.2 Å². The highest BCUT2D eigenvalue weighted by atomic mass is 35.5. The van der Waals surface area contributed by atoms with Crippen molar-refractivity contribution in [2.24, 2.45) is 0 Å². The Morgan fingerprint density at radius 2 is 1.89 bits per heavy atom. The number of nitrogens with one attached hydrogen (secondary N) is 1. The van der Waals surface area contributed by atoms with Gasteiger partial charge in [0.1, 0.15) is 0 Å². The Bertz CT molecular complexity index is 465. The SMILES string of the molecule is C=CCN(CC=C)C(=O)CNc1cc(Cl)ccc1Cl. The summed E-state index contributed by atoms with van der Waals surface area (Å²) < 4.78 is 0. The van der Waals surface area contributed by atoms with Crippen LogP contribution >= 0.6 is 23.2 Å². The molecule has 1 N–H and O–H groups in total. The van der Waals surface area contributed by atoms with Gasteiger partial charge in [-0.2, -0.15) is 0 Å². The van der Waals surface area contributed by atoms with Gasteiger partial charge in [0.15, 0.2) is 0 Å². The molecule has 19 heavy (non-hydrogen) atoms. The van der Waals surface area contributed by atoms with Gasteiger partial charge in [-0.3, -0.25) is 4.79 Å². The van der Waals surface area contributed by atoms with Gasteiger partial charge in [-0.25, -0.2) is 0 Å². The lowest BCUT2D eigenvalue weighted by Crippen LogP contribution is -2.35. The van der Waals surface area contributed by atoms with Crippen LogP contribution in [0.15, 0.2) is 43.5 Å². The summed E-state index contributed by atoms with van der Waals surface area (Å²) in [5.41, 5.74) is 0.639. The van der Waals surface area contributed by atoms with Crippen LogP contribution in [0, 0.1) is 0 Å². The van der Waals surface area contributed by atoms with E-state index in [1.54, 1.807) is 35.3 Å². The summed E-state index contributed by atoms with van der Waals surface area (Å²) in [4.78, 5) is 13.6. The van der Waals surface area contributed by atoms with Crippen LogP contribution in [-0.2, 0) is 4.79 Å². The maximum Gasteiger partial charge on any atom is 0.242 e. The fourth-order valence-corrected chi connectivity index (χ4v) is 1.86. The standard InChI is InChI=1S/C14H16Cl2N2O/c1-3-7-18(8-4-2)14(19)10-17-13-9-11(15)5-6-12(13)16/h3-6,9,17H,1-2,7-8,10H2. The van der Waals surface area contributed by atoms with Crippen molar-refractivity contribution in [1.29, 1.82) is 0 Å². The predicted molar refractivity (Wildman–Crippen MR) is 81.9 cm³/mol. The Labute approximate surface area is 123 Å². The minimum absolute atomic E-state index is 0.0594. The molecule has 0 atom stereocenters. The zero-order valence-corrected chi connectivity index (χ0v) is 12.0. The fourth-order valence-electron chi connectivity index (χ4n) is 1.51. The van der Waals surface area contributed by atoms with Gasteiger partial charge in [-0.1, -0.05) is 35.4 Å². The third kappa shape index (κ3) is 4.97. The second kappa shape index (κ2) is 7.87. The van der Waals surface area contributed by atoms with Crippen molar-refractivity contribution in [3.8, 4) is 0 Å². The summed E-state index contributed by atoms with van der Waals surface area (Å²) in [6, 6.07) is 5.06. The van der Waals surface area contributed by atoms with Gasteiger partial charge in [0, 0.05) is 18.1 Å². The normalized spacial score (nSPS) is 9.79. The van der Waals surface area contributed by atoms with Gasteiger partial charge in [0.05, 0.1) is 17.3 Å². The number of amides is 1. The number of hydrogen-bond donors (Lipinski definition) is 1. The van der Waals surface area contributed by atoms with E-state index in [0.717, 1.165) is 0 Å². The highest BCUT2D eigenvalue weighted by Gasteiger charge is 2.11. The van der Waals surface area contributed by atoms with Gasteiger partial charge in [0.2, 0.25) is 5.91 Å². The van der Waals surface area contributed by atoms with Gasteiger partial charge >= 0.3 is 0 Å². The summed E-state index contributed by atoms with van der Waals surface area (Å²) in [5, 5.41) is 4.06. The second-order valence-corrected chi connectivity index (χ2v) is 4.70. The van der Waals surface area contributed by atoms with Crippen LogP contribution in [0.3, 0.4) is 0 Å². The predicted octanol–water partition coefficient (Wildman–Crippen LogP) is 3.61. The van der Waals surface area contributed by atoms with E-state index in [1.807, 2.05) is 0 Å². The minimum Gasteiger partial charge on any atom is -0.375 e. The van der Waals surface area contributed by atoms with Crippen molar-refractivity contribution in [1.82, 2.24) is 4.90 Å². The van der Waals surface area contributed by atoms with Crippen LogP contribution in [0.5, 0.6) is 0 Å². The van der Waals surface area contributed by atoms with E-state index in [9.17, 15) is 4.79 Å². The number of hydrogen-bond acceptors (Lipinski definition) is 2. The number of halogens is 2. The zero-order valence-electron chi connectivity index (χ0n) is 10.5. The molecule has 0 bridgehead atoms. The molecule has 3 nitrogen and oxygen atoms in total. The smallest absolute Gasteiger partial charge is 0.242 e. The average Bonchev–Trinajstić information content (AvgIpc) is 2.39. The molecule has 1 amide bonds. The molecule has 0 aliphatic rings. The molecular formula is C14H16Cl2N2O. The van der Waals surface area contributed by atoms with Crippen LogP contribution < -0.4 is 5.32 Å². The Morgan fingerprint density at radius 3 is 2.47 bits per heavy atom. The van der Waals surface area contributed by atoms with Crippen molar-refractivity contribution in [2.75, 3.05) is 25.0 Å². The molecule has 0 unspecified atom stereocenters. The lowest BCUT2D eigenvalue weighted by atomic mass is 10.3. The third-order valence-corrected chi connectivity index (χ3v) is 2.97. The van der Waals surface area contributed by atoms with Crippen LogP contribution in [0.25, 0.3) is 0 Å². The van der Waals surface area contributed by atoms with E-state index in [1.165, 1.54) is 0 Å². The average molecular weight is 299 g/mol. The number of carbonyl (C=O) groups excluding carboxylic acids is 1. The first kappa shape index (κ1) is 15.6. The maximum atomic E-state index is 12.0. The maximum absolute atomic E-state index is 12.0. The van der Waals surface area contributed by atoms with E-state index < -0.39 is 0 Å². The molecule has 0 aliphatic heterocycles.